The van der Waals surface area contributed by atoms with Gasteiger partial charge in [0.05, 0.1) is 15.7 Å². The van der Waals surface area contributed by atoms with Crippen molar-refractivity contribution >= 4 is 51.5 Å². The van der Waals surface area contributed by atoms with Gasteiger partial charge in [-0.3, -0.25) is 4.79 Å². The van der Waals surface area contributed by atoms with Crippen molar-refractivity contribution in [3.05, 3.63) is 87.6 Å². The molecule has 0 atom stereocenters. The average molecular weight is 548 g/mol. The van der Waals surface area contributed by atoms with Gasteiger partial charge in [-0.15, -0.1) is 10.2 Å². The molecular weight excluding hydrogens is 521 g/mol. The highest BCUT2D eigenvalue weighted by Gasteiger charge is 2.17. The third kappa shape index (κ3) is 4.87. The van der Waals surface area contributed by atoms with Crippen molar-refractivity contribution in [3.8, 4) is 17.0 Å². The van der Waals surface area contributed by atoms with Crippen LogP contribution in [0.2, 0.25) is 10.0 Å². The monoisotopic (exact) mass is 547 g/mol. The van der Waals surface area contributed by atoms with Crippen LogP contribution >= 0.6 is 23.2 Å². The molecule has 2 aromatic heterocycles. The number of furan rings is 1. The Labute approximate surface area is 231 Å². The number of benzene rings is 3. The number of aromatic nitrogens is 3. The number of nitrogens with zero attached hydrogens (tertiary/aromatic N) is 4. The molecule has 9 heteroatoms. The molecule has 5 rings (SSSR count). The zero-order valence-corrected chi connectivity index (χ0v) is 23.1. The number of aryl methyl sites for hydroxylation is 2. The van der Waals surface area contributed by atoms with E-state index in [1.807, 2.05) is 25.1 Å². The highest BCUT2D eigenvalue weighted by molar-refractivity contribution is 6.43. The summed E-state index contributed by atoms with van der Waals surface area (Å²) in [4.78, 5) is 16.9. The highest BCUT2D eigenvalue weighted by atomic mass is 35.5. The van der Waals surface area contributed by atoms with Crippen molar-refractivity contribution in [1.29, 1.82) is 0 Å². The molecule has 38 heavy (non-hydrogen) atoms. The molecular formula is C29H27Cl2N5O2. The molecule has 0 radical (unpaired) electrons. The van der Waals surface area contributed by atoms with Crippen LogP contribution in [0.15, 0.2) is 65.1 Å². The molecule has 0 aliphatic heterocycles. The van der Waals surface area contributed by atoms with Gasteiger partial charge in [0.1, 0.15) is 16.8 Å². The Morgan fingerprint density at radius 3 is 2.39 bits per heavy atom. The van der Waals surface area contributed by atoms with E-state index in [4.69, 9.17) is 32.7 Å². The minimum atomic E-state index is -0.382. The maximum Gasteiger partial charge on any atom is 0.291 e. The Hall–Kier alpha value is -3.81. The summed E-state index contributed by atoms with van der Waals surface area (Å²) in [5.41, 5.74) is 6.67. The lowest BCUT2D eigenvalue weighted by Gasteiger charge is -2.22. The minimum absolute atomic E-state index is 0.156. The third-order valence-corrected chi connectivity index (χ3v) is 7.36. The number of hydrogen-bond donors (Lipinski definition) is 1. The standard InChI is InChI=1S/C29H27Cl2N5O2/c1-5-35(6-2)19-10-11-25(18(4)14-19)36-33-23-15-17(3)22(16-24(23)34-36)32-29(37)27-13-12-26(38-27)20-8-7-9-21(30)28(20)31/h7-16H,5-6H2,1-4H3,(H,32,37). The minimum Gasteiger partial charge on any atom is -0.451 e. The van der Waals surface area contributed by atoms with Crippen LogP contribution < -0.4 is 10.2 Å². The van der Waals surface area contributed by atoms with Crippen molar-refractivity contribution in [3.63, 3.8) is 0 Å². The number of fused-ring (bicyclic) bond motifs is 1. The number of hydrogen-bond acceptors (Lipinski definition) is 5. The summed E-state index contributed by atoms with van der Waals surface area (Å²) in [6.45, 7) is 10.2. The first-order valence-electron chi connectivity index (χ1n) is 12.4. The van der Waals surface area contributed by atoms with Gasteiger partial charge in [0.25, 0.3) is 5.91 Å². The van der Waals surface area contributed by atoms with E-state index in [0.29, 0.717) is 32.6 Å². The summed E-state index contributed by atoms with van der Waals surface area (Å²) in [6, 6.07) is 18.6. The lowest BCUT2D eigenvalue weighted by Crippen LogP contribution is -2.21. The molecule has 0 aliphatic rings. The van der Waals surface area contributed by atoms with Crippen molar-refractivity contribution in [2.45, 2.75) is 27.7 Å². The smallest absolute Gasteiger partial charge is 0.291 e. The second-order valence-corrected chi connectivity index (χ2v) is 9.79. The number of halogens is 2. The van der Waals surface area contributed by atoms with Crippen LogP contribution in [0.4, 0.5) is 11.4 Å². The first-order valence-corrected chi connectivity index (χ1v) is 13.1. The fourth-order valence-corrected chi connectivity index (χ4v) is 4.84. The van der Waals surface area contributed by atoms with E-state index in [1.54, 1.807) is 35.1 Å². The van der Waals surface area contributed by atoms with Gasteiger partial charge in [0.15, 0.2) is 5.76 Å². The van der Waals surface area contributed by atoms with Gasteiger partial charge in [0, 0.05) is 30.0 Å². The van der Waals surface area contributed by atoms with E-state index in [1.165, 1.54) is 5.69 Å². The molecule has 7 nitrogen and oxygen atoms in total. The Morgan fingerprint density at radius 2 is 1.68 bits per heavy atom. The zero-order valence-electron chi connectivity index (χ0n) is 21.5. The molecule has 3 aromatic carbocycles. The van der Waals surface area contributed by atoms with Crippen molar-refractivity contribution < 1.29 is 9.21 Å². The number of amides is 1. The predicted molar refractivity (Wildman–Crippen MR) is 154 cm³/mol. The molecule has 0 aliphatic carbocycles. The summed E-state index contributed by atoms with van der Waals surface area (Å²) < 4.78 is 5.79. The molecule has 2 heterocycles. The highest BCUT2D eigenvalue weighted by Crippen LogP contribution is 2.34. The van der Waals surface area contributed by atoms with Crippen molar-refractivity contribution in [1.82, 2.24) is 15.0 Å². The van der Waals surface area contributed by atoms with Crippen molar-refractivity contribution in [2.75, 3.05) is 23.3 Å². The number of rotatable bonds is 7. The summed E-state index contributed by atoms with van der Waals surface area (Å²) in [5.74, 6) is 0.232. The lowest BCUT2D eigenvalue weighted by atomic mass is 10.1. The lowest BCUT2D eigenvalue weighted by molar-refractivity contribution is 0.0997. The molecule has 0 saturated carbocycles. The van der Waals surface area contributed by atoms with Gasteiger partial charge in [-0.05, 0) is 93.4 Å². The first-order chi connectivity index (χ1) is 18.3. The van der Waals surface area contributed by atoms with Gasteiger partial charge in [-0.25, -0.2) is 0 Å². The summed E-state index contributed by atoms with van der Waals surface area (Å²) in [5, 5.41) is 13.1. The quantitative estimate of drug-likeness (QED) is 0.226. The van der Waals surface area contributed by atoms with Crippen LogP contribution in [-0.2, 0) is 0 Å². The second-order valence-electron chi connectivity index (χ2n) is 9.01. The first kappa shape index (κ1) is 25.8. The van der Waals surface area contributed by atoms with Gasteiger partial charge in [0.2, 0.25) is 0 Å². The van der Waals surface area contributed by atoms with E-state index < -0.39 is 0 Å². The SMILES string of the molecule is CCN(CC)c1ccc(-n2nc3cc(C)c(NC(=O)c4ccc(-c5cccc(Cl)c5Cl)o4)cc3n2)c(C)c1. The topological polar surface area (TPSA) is 76.2 Å². The van der Waals surface area contributed by atoms with Crippen LogP contribution in [0.3, 0.4) is 0 Å². The second kappa shape index (κ2) is 10.5. The number of nitrogens with one attached hydrogen (secondary N) is 1. The molecule has 0 fully saturated rings. The molecule has 0 unspecified atom stereocenters. The normalized spacial score (nSPS) is 11.2. The molecule has 0 saturated heterocycles. The van der Waals surface area contributed by atoms with Crippen LogP contribution in [0, 0.1) is 13.8 Å². The summed E-state index contributed by atoms with van der Waals surface area (Å²) in [6.07, 6.45) is 0. The maximum absolute atomic E-state index is 13.0. The summed E-state index contributed by atoms with van der Waals surface area (Å²) in [7, 11) is 0. The summed E-state index contributed by atoms with van der Waals surface area (Å²) >= 11 is 12.4. The van der Waals surface area contributed by atoms with E-state index in [0.717, 1.165) is 35.4 Å². The average Bonchev–Trinajstić information content (AvgIpc) is 3.54. The van der Waals surface area contributed by atoms with Crippen LogP contribution in [-0.4, -0.2) is 34.0 Å². The number of anilines is 2. The molecule has 1 amide bonds. The van der Waals surface area contributed by atoms with E-state index in [9.17, 15) is 4.79 Å². The van der Waals surface area contributed by atoms with Crippen LogP contribution in [0.5, 0.6) is 0 Å². The number of carbonyl (C=O) groups is 1. The molecule has 194 valence electrons. The molecule has 1 N–H and O–H groups in total. The van der Waals surface area contributed by atoms with Gasteiger partial charge in [-0.1, -0.05) is 29.3 Å². The van der Waals surface area contributed by atoms with Crippen LogP contribution in [0.1, 0.15) is 35.5 Å². The Bertz CT molecular complexity index is 1650. The fourth-order valence-electron chi connectivity index (χ4n) is 4.44. The zero-order chi connectivity index (χ0) is 27.0. The van der Waals surface area contributed by atoms with E-state index in [2.05, 4.69) is 48.2 Å². The van der Waals surface area contributed by atoms with Gasteiger partial charge in [-0.2, -0.15) is 4.80 Å². The molecule has 5 aromatic rings. The number of carbonyl (C=O) groups excluding carboxylic acids is 1. The van der Waals surface area contributed by atoms with Crippen LogP contribution in [0.25, 0.3) is 28.0 Å². The van der Waals surface area contributed by atoms with E-state index >= 15 is 0 Å². The molecule has 0 bridgehead atoms. The van der Waals surface area contributed by atoms with E-state index in [-0.39, 0.29) is 11.7 Å². The Kier molecular flexibility index (Phi) is 7.15. The Balaban J connectivity index is 1.40. The van der Waals surface area contributed by atoms with Crippen molar-refractivity contribution in [2.24, 2.45) is 0 Å². The fraction of sp³-hybridized carbons (Fsp3) is 0.207. The Morgan fingerprint density at radius 1 is 0.947 bits per heavy atom. The molecule has 0 spiro atoms. The van der Waals surface area contributed by atoms with Gasteiger partial charge >= 0.3 is 0 Å². The largest absolute Gasteiger partial charge is 0.451 e. The predicted octanol–water partition coefficient (Wildman–Crippen LogP) is 7.70. The maximum atomic E-state index is 13.0. The third-order valence-electron chi connectivity index (χ3n) is 6.55. The van der Waals surface area contributed by atoms with Gasteiger partial charge < -0.3 is 14.6 Å².